The van der Waals surface area contributed by atoms with Gasteiger partial charge < -0.3 is 10.4 Å². The van der Waals surface area contributed by atoms with Crippen molar-refractivity contribution in [1.82, 2.24) is 5.32 Å². The van der Waals surface area contributed by atoms with E-state index in [1.165, 1.54) is 25.7 Å². The van der Waals surface area contributed by atoms with E-state index in [1.807, 2.05) is 6.92 Å². The minimum atomic E-state index is -0.110. The Kier molecular flexibility index (Phi) is 5.49. The molecule has 0 spiro atoms. The first-order chi connectivity index (χ1) is 6.74. The van der Waals surface area contributed by atoms with Crippen molar-refractivity contribution in [2.45, 2.75) is 64.5 Å². The van der Waals surface area contributed by atoms with E-state index in [1.54, 1.807) is 0 Å². The van der Waals surface area contributed by atoms with Gasteiger partial charge in [-0.1, -0.05) is 26.7 Å². The maximum Gasteiger partial charge on any atom is 0.0549 e. The van der Waals surface area contributed by atoms with Crippen molar-refractivity contribution in [2.75, 3.05) is 6.54 Å². The van der Waals surface area contributed by atoms with Gasteiger partial charge in [0.1, 0.15) is 0 Å². The van der Waals surface area contributed by atoms with Gasteiger partial charge >= 0.3 is 0 Å². The monoisotopic (exact) mass is 199 g/mol. The molecule has 1 aliphatic carbocycles. The third-order valence-corrected chi connectivity index (χ3v) is 3.47. The van der Waals surface area contributed by atoms with Gasteiger partial charge in [0.15, 0.2) is 0 Å². The Labute approximate surface area is 88.1 Å². The zero-order valence-corrected chi connectivity index (χ0v) is 9.63. The van der Waals surface area contributed by atoms with Crippen LogP contribution < -0.4 is 5.32 Å². The first-order valence-corrected chi connectivity index (χ1v) is 6.15. The Morgan fingerprint density at radius 3 is 2.71 bits per heavy atom. The van der Waals surface area contributed by atoms with E-state index in [4.69, 9.17) is 0 Å². The summed E-state index contributed by atoms with van der Waals surface area (Å²) < 4.78 is 0. The van der Waals surface area contributed by atoms with Crippen LogP contribution >= 0.6 is 0 Å². The molecule has 2 heteroatoms. The van der Waals surface area contributed by atoms with E-state index in [9.17, 15) is 5.11 Å². The highest BCUT2D eigenvalue weighted by Crippen LogP contribution is 2.23. The van der Waals surface area contributed by atoms with Crippen molar-refractivity contribution in [3.8, 4) is 0 Å². The molecule has 0 amide bonds. The summed E-state index contributed by atoms with van der Waals surface area (Å²) in [5, 5.41) is 13.0. The molecule has 1 fully saturated rings. The van der Waals surface area contributed by atoms with Crippen LogP contribution in [0.15, 0.2) is 0 Å². The zero-order chi connectivity index (χ0) is 10.4. The third-order valence-electron chi connectivity index (χ3n) is 3.47. The van der Waals surface area contributed by atoms with Crippen LogP contribution in [0.5, 0.6) is 0 Å². The number of hydrogen-bond acceptors (Lipinski definition) is 2. The lowest BCUT2D eigenvalue weighted by Crippen LogP contribution is -2.38. The molecule has 84 valence electrons. The molecule has 1 rings (SSSR count). The molecular formula is C12H25NO. The summed E-state index contributed by atoms with van der Waals surface area (Å²) in [4.78, 5) is 0. The number of nitrogens with one attached hydrogen (secondary N) is 1. The maximum absolute atomic E-state index is 9.41. The Bertz CT molecular complexity index is 149. The average Bonchev–Trinajstić information content (AvgIpc) is 2.20. The highest BCUT2D eigenvalue weighted by molar-refractivity contribution is 4.78. The van der Waals surface area contributed by atoms with Crippen molar-refractivity contribution in [3.63, 3.8) is 0 Å². The molecule has 0 aromatic carbocycles. The summed E-state index contributed by atoms with van der Waals surface area (Å²) >= 11 is 0. The summed E-state index contributed by atoms with van der Waals surface area (Å²) in [5.41, 5.74) is 0. The van der Waals surface area contributed by atoms with Gasteiger partial charge in [0.2, 0.25) is 0 Å². The van der Waals surface area contributed by atoms with Crippen LogP contribution in [0.3, 0.4) is 0 Å². The first kappa shape index (κ1) is 12.0. The molecule has 14 heavy (non-hydrogen) atoms. The summed E-state index contributed by atoms with van der Waals surface area (Å²) in [6.07, 6.45) is 7.13. The molecule has 2 nitrogen and oxygen atoms in total. The molecule has 3 unspecified atom stereocenters. The van der Waals surface area contributed by atoms with E-state index in [2.05, 4.69) is 12.2 Å². The lowest BCUT2D eigenvalue weighted by molar-refractivity contribution is 0.155. The molecule has 0 saturated heterocycles. The molecule has 0 aromatic heterocycles. The summed E-state index contributed by atoms with van der Waals surface area (Å²) in [5.74, 6) is 0.822. The number of aliphatic hydroxyl groups excluding tert-OH is 1. The molecular weight excluding hydrogens is 174 g/mol. The molecule has 0 aliphatic heterocycles. The summed E-state index contributed by atoms with van der Waals surface area (Å²) in [6.45, 7) is 5.35. The smallest absolute Gasteiger partial charge is 0.0549 e. The number of aliphatic hydroxyl groups is 1. The van der Waals surface area contributed by atoms with Crippen LogP contribution in [-0.4, -0.2) is 23.8 Å². The maximum atomic E-state index is 9.41. The number of rotatable bonds is 5. The Morgan fingerprint density at radius 2 is 2.07 bits per heavy atom. The van der Waals surface area contributed by atoms with Crippen LogP contribution in [0.1, 0.15) is 52.4 Å². The van der Waals surface area contributed by atoms with Gasteiger partial charge in [-0.25, -0.2) is 0 Å². The van der Waals surface area contributed by atoms with Gasteiger partial charge in [-0.05, 0) is 38.1 Å². The van der Waals surface area contributed by atoms with Crippen molar-refractivity contribution in [2.24, 2.45) is 5.92 Å². The van der Waals surface area contributed by atoms with E-state index >= 15 is 0 Å². The Hall–Kier alpha value is -0.0800. The predicted octanol–water partition coefficient (Wildman–Crippen LogP) is 2.32. The van der Waals surface area contributed by atoms with Crippen LogP contribution in [-0.2, 0) is 0 Å². The Balaban J connectivity index is 2.10. The molecule has 0 heterocycles. The third kappa shape index (κ3) is 3.97. The van der Waals surface area contributed by atoms with Crippen LogP contribution in [0, 0.1) is 5.92 Å². The van der Waals surface area contributed by atoms with Gasteiger partial charge in [0.25, 0.3) is 0 Å². The van der Waals surface area contributed by atoms with E-state index < -0.39 is 0 Å². The predicted molar refractivity (Wildman–Crippen MR) is 60.3 cm³/mol. The van der Waals surface area contributed by atoms with E-state index in [0.29, 0.717) is 6.04 Å². The molecule has 2 N–H and O–H groups in total. The highest BCUT2D eigenvalue weighted by atomic mass is 16.3. The van der Waals surface area contributed by atoms with Gasteiger partial charge in [0.05, 0.1) is 6.10 Å². The molecule has 0 bridgehead atoms. The molecule has 1 aliphatic rings. The van der Waals surface area contributed by atoms with Crippen molar-refractivity contribution in [1.29, 1.82) is 0 Å². The van der Waals surface area contributed by atoms with Gasteiger partial charge in [-0.3, -0.25) is 0 Å². The second kappa shape index (κ2) is 6.41. The summed E-state index contributed by atoms with van der Waals surface area (Å²) in [6, 6.07) is 0.702. The van der Waals surface area contributed by atoms with E-state index in [0.717, 1.165) is 25.3 Å². The van der Waals surface area contributed by atoms with Crippen LogP contribution in [0.4, 0.5) is 0 Å². The van der Waals surface area contributed by atoms with Gasteiger partial charge in [0, 0.05) is 6.04 Å². The fourth-order valence-corrected chi connectivity index (χ4v) is 2.26. The van der Waals surface area contributed by atoms with Crippen molar-refractivity contribution >= 4 is 0 Å². The summed E-state index contributed by atoms with van der Waals surface area (Å²) in [7, 11) is 0. The Morgan fingerprint density at radius 1 is 1.36 bits per heavy atom. The molecule has 0 aromatic rings. The highest BCUT2D eigenvalue weighted by Gasteiger charge is 2.20. The fraction of sp³-hybridized carbons (Fsp3) is 1.00. The van der Waals surface area contributed by atoms with Gasteiger partial charge in [-0.2, -0.15) is 0 Å². The molecule has 0 radical (unpaired) electrons. The van der Waals surface area contributed by atoms with E-state index in [-0.39, 0.29) is 6.10 Å². The zero-order valence-electron chi connectivity index (χ0n) is 9.63. The fourth-order valence-electron chi connectivity index (χ4n) is 2.26. The lowest BCUT2D eigenvalue weighted by Gasteiger charge is -2.29. The molecule has 3 atom stereocenters. The largest absolute Gasteiger partial charge is 0.393 e. The van der Waals surface area contributed by atoms with Crippen molar-refractivity contribution in [3.05, 3.63) is 0 Å². The van der Waals surface area contributed by atoms with Crippen LogP contribution in [0.2, 0.25) is 0 Å². The minimum Gasteiger partial charge on any atom is -0.393 e. The minimum absolute atomic E-state index is 0.110. The first-order valence-electron chi connectivity index (χ1n) is 6.15. The van der Waals surface area contributed by atoms with Gasteiger partial charge in [-0.15, -0.1) is 0 Å². The average molecular weight is 199 g/mol. The molecule has 1 saturated carbocycles. The normalized spacial score (nSPS) is 30.2. The lowest BCUT2D eigenvalue weighted by atomic mass is 9.86. The number of hydrogen-bond donors (Lipinski definition) is 2. The quantitative estimate of drug-likeness (QED) is 0.712. The van der Waals surface area contributed by atoms with Crippen LogP contribution in [0.25, 0.3) is 0 Å². The SMILES string of the molecule is CCC(O)CCNC1CCCCC1C. The standard InChI is InChI=1S/C12H25NO/c1-3-11(14)8-9-13-12-7-5-4-6-10(12)2/h10-14H,3-9H2,1-2H3. The second-order valence-corrected chi connectivity index (χ2v) is 4.67. The second-order valence-electron chi connectivity index (χ2n) is 4.67. The topological polar surface area (TPSA) is 32.3 Å². The van der Waals surface area contributed by atoms with Crippen molar-refractivity contribution < 1.29 is 5.11 Å².